The fourth-order valence-corrected chi connectivity index (χ4v) is 3.37. The van der Waals surface area contributed by atoms with Gasteiger partial charge in [-0.25, -0.2) is 4.98 Å². The maximum absolute atomic E-state index is 5.63. The Morgan fingerprint density at radius 2 is 2.26 bits per heavy atom. The Morgan fingerprint density at radius 3 is 2.89 bits per heavy atom. The van der Waals surface area contributed by atoms with Crippen molar-refractivity contribution in [3.63, 3.8) is 0 Å². The highest BCUT2D eigenvalue weighted by Crippen LogP contribution is 2.21. The minimum absolute atomic E-state index is 0.477. The lowest BCUT2D eigenvalue weighted by molar-refractivity contribution is 1.08. The molecule has 0 aliphatic rings. The van der Waals surface area contributed by atoms with Gasteiger partial charge in [0.05, 0.1) is 17.4 Å². The van der Waals surface area contributed by atoms with E-state index in [1.807, 2.05) is 30.8 Å². The lowest BCUT2D eigenvalue weighted by Gasteiger charge is -2.05. The number of thiazole rings is 1. The molecule has 2 aromatic heterocycles. The first-order chi connectivity index (χ1) is 9.16. The minimum atomic E-state index is 0.477. The topological polar surface area (TPSA) is 80.0 Å². The van der Waals surface area contributed by atoms with E-state index in [0.717, 1.165) is 40.6 Å². The summed E-state index contributed by atoms with van der Waals surface area (Å²) in [6.07, 6.45) is 0. The first kappa shape index (κ1) is 14.4. The van der Waals surface area contributed by atoms with E-state index < -0.39 is 0 Å². The Balaban J connectivity index is 1.65. The molecule has 0 aromatic carbocycles. The zero-order valence-electron chi connectivity index (χ0n) is 10.8. The molecule has 0 aliphatic heterocycles. The number of aromatic nitrogens is 3. The van der Waals surface area contributed by atoms with Crippen LogP contribution >= 0.6 is 34.8 Å². The Morgan fingerprint density at radius 1 is 1.42 bits per heavy atom. The number of rotatable bonds is 7. The molecule has 104 valence electrons. The summed E-state index contributed by atoms with van der Waals surface area (Å²) in [5.41, 5.74) is 6.76. The van der Waals surface area contributed by atoms with Gasteiger partial charge in [-0.3, -0.25) is 0 Å². The molecule has 3 N–H and O–H groups in total. The van der Waals surface area contributed by atoms with Gasteiger partial charge in [-0.1, -0.05) is 0 Å². The van der Waals surface area contributed by atoms with Crippen molar-refractivity contribution in [1.29, 1.82) is 0 Å². The smallest absolute Gasteiger partial charge is 0.185 e. The van der Waals surface area contributed by atoms with Crippen LogP contribution in [0.15, 0.2) is 5.38 Å². The summed E-state index contributed by atoms with van der Waals surface area (Å²) in [7, 11) is 4.01. The van der Waals surface area contributed by atoms with Gasteiger partial charge in [-0.05, 0) is 0 Å². The zero-order chi connectivity index (χ0) is 13.7. The molecule has 0 fully saturated rings. The van der Waals surface area contributed by atoms with Crippen LogP contribution < -0.4 is 16.0 Å². The molecule has 0 spiro atoms. The van der Waals surface area contributed by atoms with E-state index >= 15 is 0 Å². The third-order valence-electron chi connectivity index (χ3n) is 2.22. The number of hydrogen-bond acceptors (Lipinski definition) is 9. The molecule has 0 bridgehead atoms. The monoisotopic (exact) mass is 316 g/mol. The van der Waals surface area contributed by atoms with Crippen molar-refractivity contribution < 1.29 is 0 Å². The Hall–Kier alpha value is -1.06. The van der Waals surface area contributed by atoms with Gasteiger partial charge in [-0.2, -0.15) is 20.5 Å². The highest BCUT2D eigenvalue weighted by molar-refractivity contribution is 7.98. The second kappa shape index (κ2) is 6.92. The number of nitrogens with zero attached hydrogens (tertiary/aromatic N) is 4. The van der Waals surface area contributed by atoms with Crippen LogP contribution in [-0.2, 0) is 5.75 Å². The van der Waals surface area contributed by atoms with E-state index in [2.05, 4.69) is 24.4 Å². The minimum Gasteiger partial charge on any atom is -0.380 e. The summed E-state index contributed by atoms with van der Waals surface area (Å²) in [6, 6.07) is 0. The van der Waals surface area contributed by atoms with Crippen LogP contribution in [0.3, 0.4) is 0 Å². The molecule has 0 saturated carbocycles. The number of nitrogen functional groups attached to an aromatic ring is 1. The number of hydrogen-bond donors (Lipinski definition) is 2. The zero-order valence-corrected chi connectivity index (χ0v) is 13.2. The van der Waals surface area contributed by atoms with Crippen LogP contribution in [0.4, 0.5) is 16.8 Å². The van der Waals surface area contributed by atoms with Crippen LogP contribution in [-0.4, -0.2) is 40.1 Å². The lowest BCUT2D eigenvalue weighted by atomic mass is 10.6. The van der Waals surface area contributed by atoms with E-state index in [4.69, 9.17) is 5.73 Å². The van der Waals surface area contributed by atoms with Crippen molar-refractivity contribution in [3.8, 4) is 0 Å². The summed E-state index contributed by atoms with van der Waals surface area (Å²) >= 11 is 4.64. The predicted octanol–water partition coefficient (Wildman–Crippen LogP) is 1.99. The third kappa shape index (κ3) is 4.22. The summed E-state index contributed by atoms with van der Waals surface area (Å²) < 4.78 is 7.97. The molecule has 2 rings (SSSR count). The number of nitrogens with two attached hydrogens (primary N) is 1. The largest absolute Gasteiger partial charge is 0.380 e. The van der Waals surface area contributed by atoms with Crippen molar-refractivity contribution in [2.75, 3.05) is 42.3 Å². The first-order valence-electron chi connectivity index (χ1n) is 5.68. The molecular weight excluding hydrogens is 300 g/mol. The predicted molar refractivity (Wildman–Crippen MR) is 85.4 cm³/mol. The maximum Gasteiger partial charge on any atom is 0.185 e. The Bertz CT molecular complexity index is 509. The normalized spacial score (nSPS) is 10.6. The second-order valence-corrected chi connectivity index (χ2v) is 6.46. The molecule has 2 aromatic rings. The van der Waals surface area contributed by atoms with E-state index in [-0.39, 0.29) is 0 Å². The first-order valence-corrected chi connectivity index (χ1v) is 8.44. The van der Waals surface area contributed by atoms with Crippen LogP contribution in [0.2, 0.25) is 0 Å². The average molecular weight is 316 g/mol. The van der Waals surface area contributed by atoms with Gasteiger partial charge < -0.3 is 16.0 Å². The summed E-state index contributed by atoms with van der Waals surface area (Å²) in [5, 5.41) is 6.33. The molecule has 0 aliphatic carbocycles. The highest BCUT2D eigenvalue weighted by Gasteiger charge is 2.04. The molecule has 0 saturated heterocycles. The average Bonchev–Trinajstić information content (AvgIpc) is 2.99. The maximum atomic E-state index is 5.63. The van der Waals surface area contributed by atoms with Crippen molar-refractivity contribution in [1.82, 2.24) is 13.7 Å². The molecular formula is C10H16N6S3. The van der Waals surface area contributed by atoms with Crippen LogP contribution in [0.1, 0.15) is 5.69 Å². The number of nitrogens with one attached hydrogen (secondary N) is 1. The molecule has 2 heterocycles. The molecule has 0 amide bonds. The number of anilines is 3. The van der Waals surface area contributed by atoms with Crippen molar-refractivity contribution >= 4 is 51.6 Å². The summed E-state index contributed by atoms with van der Waals surface area (Å²) in [6.45, 7) is 0.824. The van der Waals surface area contributed by atoms with Crippen LogP contribution in [0.25, 0.3) is 0 Å². The fraction of sp³-hybridized carbons (Fsp3) is 0.500. The second-order valence-electron chi connectivity index (χ2n) is 3.99. The molecule has 0 unspecified atom stereocenters. The number of thioether (sulfide) groups is 1. The Kier molecular flexibility index (Phi) is 5.23. The highest BCUT2D eigenvalue weighted by atomic mass is 32.2. The van der Waals surface area contributed by atoms with E-state index in [9.17, 15) is 0 Å². The molecule has 6 nitrogen and oxygen atoms in total. The van der Waals surface area contributed by atoms with Crippen molar-refractivity contribution in [2.45, 2.75) is 5.75 Å². The quantitative estimate of drug-likeness (QED) is 0.756. The van der Waals surface area contributed by atoms with Gasteiger partial charge in [-0.15, -0.1) is 11.3 Å². The van der Waals surface area contributed by atoms with E-state index in [1.165, 1.54) is 0 Å². The molecule has 9 heteroatoms. The van der Waals surface area contributed by atoms with Crippen molar-refractivity contribution in [3.05, 3.63) is 11.1 Å². The fourth-order valence-electron chi connectivity index (χ4n) is 1.30. The SMILES string of the molecule is CN(C)c1nc(CSCCNc2nsnc2N)cs1. The van der Waals surface area contributed by atoms with Gasteiger partial charge in [0.25, 0.3) is 0 Å². The van der Waals surface area contributed by atoms with Gasteiger partial charge in [0.2, 0.25) is 0 Å². The lowest BCUT2D eigenvalue weighted by Crippen LogP contribution is -2.08. The van der Waals surface area contributed by atoms with E-state index in [0.29, 0.717) is 11.6 Å². The third-order valence-corrected chi connectivity index (χ3v) is 4.82. The molecule has 19 heavy (non-hydrogen) atoms. The van der Waals surface area contributed by atoms with Gasteiger partial charge in [0.1, 0.15) is 0 Å². The molecule has 0 radical (unpaired) electrons. The molecule has 0 atom stereocenters. The van der Waals surface area contributed by atoms with Gasteiger partial charge in [0, 0.05) is 37.5 Å². The van der Waals surface area contributed by atoms with Crippen molar-refractivity contribution in [2.24, 2.45) is 0 Å². The summed E-state index contributed by atoms with van der Waals surface area (Å²) in [5.74, 6) is 3.07. The van der Waals surface area contributed by atoms with Crippen LogP contribution in [0, 0.1) is 0 Å². The standard InChI is InChI=1S/C10H16N6S3/c1-16(2)10-13-7(6-18-10)5-17-4-3-12-9-8(11)14-19-15-9/h6H,3-5H2,1-2H3,(H2,11,14)(H,12,15). The summed E-state index contributed by atoms with van der Waals surface area (Å²) in [4.78, 5) is 6.56. The van der Waals surface area contributed by atoms with Gasteiger partial charge in [0.15, 0.2) is 16.8 Å². The van der Waals surface area contributed by atoms with Crippen LogP contribution in [0.5, 0.6) is 0 Å². The Labute approximate surface area is 124 Å². The van der Waals surface area contributed by atoms with Gasteiger partial charge >= 0.3 is 0 Å². The van der Waals surface area contributed by atoms with E-state index in [1.54, 1.807) is 11.3 Å².